The Balaban J connectivity index is 1.42. The number of benzene rings is 2. The molecule has 0 aliphatic carbocycles. The molecule has 2 aromatic carbocycles. The molecular weight excluding hydrogens is 416 g/mol. The first-order valence-corrected chi connectivity index (χ1v) is 11.1. The Hall–Kier alpha value is -3.71. The van der Waals surface area contributed by atoms with Crippen LogP contribution in [0.15, 0.2) is 76.4 Å². The predicted octanol–water partition coefficient (Wildman–Crippen LogP) is 3.18. The van der Waals surface area contributed by atoms with Gasteiger partial charge in [0.25, 0.3) is 5.91 Å². The maximum absolute atomic E-state index is 13.5. The van der Waals surface area contributed by atoms with Crippen LogP contribution in [0.1, 0.15) is 40.5 Å². The molecule has 1 unspecified atom stereocenters. The second-order valence-electron chi connectivity index (χ2n) is 8.68. The van der Waals surface area contributed by atoms with Gasteiger partial charge in [-0.1, -0.05) is 54.1 Å². The molecule has 2 N–H and O–H groups in total. The minimum Gasteiger partial charge on any atom is -0.467 e. The molecule has 7 nitrogen and oxygen atoms in total. The Morgan fingerprint density at radius 2 is 1.79 bits per heavy atom. The van der Waals surface area contributed by atoms with Crippen molar-refractivity contribution in [3.05, 3.63) is 94.9 Å². The average molecular weight is 443 g/mol. The second kappa shape index (κ2) is 8.67. The first kappa shape index (κ1) is 21.2. The van der Waals surface area contributed by atoms with Crippen LogP contribution in [0.2, 0.25) is 0 Å². The van der Waals surface area contributed by atoms with Gasteiger partial charge >= 0.3 is 0 Å². The number of primary amides is 1. The number of hydrogen-bond donors (Lipinski definition) is 1. The van der Waals surface area contributed by atoms with Crippen LogP contribution in [0.5, 0.6) is 0 Å². The van der Waals surface area contributed by atoms with Gasteiger partial charge in [-0.15, -0.1) is 0 Å². The number of nitrogens with zero attached hydrogens (tertiary/aromatic N) is 3. The third kappa shape index (κ3) is 4.19. The molecule has 7 heteroatoms. The lowest BCUT2D eigenvalue weighted by atomic mass is 9.93. The molecule has 0 bridgehead atoms. The number of aryl methyl sites for hydroxylation is 1. The smallest absolute Gasteiger partial charge is 0.257 e. The monoisotopic (exact) mass is 442 g/mol. The summed E-state index contributed by atoms with van der Waals surface area (Å²) in [4.78, 5) is 27.6. The van der Waals surface area contributed by atoms with Gasteiger partial charge in [0, 0.05) is 13.0 Å². The minimum atomic E-state index is -0.533. The third-order valence-electron chi connectivity index (χ3n) is 6.43. The van der Waals surface area contributed by atoms with Crippen molar-refractivity contribution >= 4 is 17.5 Å². The predicted molar refractivity (Wildman–Crippen MR) is 124 cm³/mol. The first-order valence-electron chi connectivity index (χ1n) is 11.1. The number of hydrogen-bond acceptors (Lipinski definition) is 5. The number of rotatable bonds is 5. The summed E-state index contributed by atoms with van der Waals surface area (Å²) < 4.78 is 5.64. The van der Waals surface area contributed by atoms with Gasteiger partial charge < -0.3 is 10.2 Å². The summed E-state index contributed by atoms with van der Waals surface area (Å²) in [5, 5.41) is 6.21. The van der Waals surface area contributed by atoms with Crippen LogP contribution < -0.4 is 5.73 Å². The van der Waals surface area contributed by atoms with Gasteiger partial charge in [0.05, 0.1) is 24.6 Å². The van der Waals surface area contributed by atoms with Crippen LogP contribution in [0.3, 0.4) is 0 Å². The highest BCUT2D eigenvalue weighted by Gasteiger charge is 2.38. The van der Waals surface area contributed by atoms with Gasteiger partial charge in [0.2, 0.25) is 5.91 Å². The number of fused-ring (bicyclic) bond motifs is 1. The van der Waals surface area contributed by atoms with Crippen molar-refractivity contribution in [2.45, 2.75) is 38.4 Å². The topological polar surface area (TPSA) is 92.1 Å². The molecule has 33 heavy (non-hydrogen) atoms. The van der Waals surface area contributed by atoms with Gasteiger partial charge in [-0.25, -0.2) is 5.01 Å². The number of carbonyl (C=O) groups is 2. The molecule has 168 valence electrons. The second-order valence-corrected chi connectivity index (χ2v) is 8.68. The first-order chi connectivity index (χ1) is 16.0. The maximum atomic E-state index is 13.5. The molecule has 3 heterocycles. The fraction of sp³-hybridized carbons (Fsp3) is 0.269. The van der Waals surface area contributed by atoms with Gasteiger partial charge in [-0.05, 0) is 42.2 Å². The Bertz CT molecular complexity index is 1200. The largest absolute Gasteiger partial charge is 0.467 e. The van der Waals surface area contributed by atoms with Crippen molar-refractivity contribution in [2.24, 2.45) is 10.8 Å². The molecule has 0 radical (unpaired) electrons. The van der Waals surface area contributed by atoms with Crippen LogP contribution in [0, 0.1) is 6.92 Å². The summed E-state index contributed by atoms with van der Waals surface area (Å²) in [5.74, 6) is 0.0685. The summed E-state index contributed by atoms with van der Waals surface area (Å²) in [6, 6.07) is 18.9. The van der Waals surface area contributed by atoms with Crippen molar-refractivity contribution < 1.29 is 14.0 Å². The van der Waals surface area contributed by atoms with Crippen LogP contribution >= 0.6 is 0 Å². The number of hydrazone groups is 1. The zero-order valence-electron chi connectivity index (χ0n) is 18.5. The van der Waals surface area contributed by atoms with Crippen LogP contribution in [0.4, 0.5) is 0 Å². The van der Waals surface area contributed by atoms with E-state index in [0.717, 1.165) is 28.0 Å². The summed E-state index contributed by atoms with van der Waals surface area (Å²) in [6.07, 6.45) is 2.66. The average Bonchev–Trinajstić information content (AvgIpc) is 3.49. The van der Waals surface area contributed by atoms with Crippen molar-refractivity contribution in [1.82, 2.24) is 9.91 Å². The lowest BCUT2D eigenvalue weighted by Crippen LogP contribution is -2.51. The van der Waals surface area contributed by atoms with E-state index in [1.165, 1.54) is 5.01 Å². The van der Waals surface area contributed by atoms with E-state index in [-0.39, 0.29) is 18.5 Å². The molecule has 2 amide bonds. The normalized spacial score (nSPS) is 20.4. The number of furan rings is 1. The summed E-state index contributed by atoms with van der Waals surface area (Å²) in [5.41, 5.74) is 10.9. The molecule has 5 rings (SSSR count). The molecule has 2 aliphatic rings. The molecular formula is C26H26N4O3. The van der Waals surface area contributed by atoms with Crippen molar-refractivity contribution in [2.75, 3.05) is 6.54 Å². The van der Waals surface area contributed by atoms with Crippen molar-refractivity contribution in [3.8, 4) is 0 Å². The molecule has 0 fully saturated rings. The fourth-order valence-corrected chi connectivity index (χ4v) is 4.63. The Morgan fingerprint density at radius 1 is 1.03 bits per heavy atom. The molecule has 0 saturated heterocycles. The van der Waals surface area contributed by atoms with Gasteiger partial charge in [0.15, 0.2) is 0 Å². The van der Waals surface area contributed by atoms with E-state index in [9.17, 15) is 9.59 Å². The summed E-state index contributed by atoms with van der Waals surface area (Å²) in [6.45, 7) is 2.57. The van der Waals surface area contributed by atoms with E-state index in [1.54, 1.807) is 6.26 Å². The fourth-order valence-electron chi connectivity index (χ4n) is 4.63. The highest BCUT2D eigenvalue weighted by Crippen LogP contribution is 2.34. The molecule has 3 aromatic rings. The Kier molecular flexibility index (Phi) is 5.56. The van der Waals surface area contributed by atoms with Crippen LogP contribution in [-0.4, -0.2) is 40.0 Å². The number of carbonyl (C=O) groups excluding carboxylic acids is 2. The highest BCUT2D eigenvalue weighted by atomic mass is 16.3. The Morgan fingerprint density at radius 3 is 2.48 bits per heavy atom. The standard InChI is InChI=1S/C26H26N4O3/c1-17-8-10-18(11-9-17)21-14-22(24-7-4-12-33-24)30(28-21)25(31)16-29-15-20-6-3-2-5-19(20)13-23(29)26(27)32/h2-12,22-23H,13-16H2,1H3,(H2,27,32)/t22?,23-/m1/s1. The van der Waals surface area contributed by atoms with E-state index >= 15 is 0 Å². The minimum absolute atomic E-state index is 0.0455. The van der Waals surface area contributed by atoms with Crippen molar-refractivity contribution in [3.63, 3.8) is 0 Å². The zero-order valence-corrected chi connectivity index (χ0v) is 18.5. The summed E-state index contributed by atoms with van der Waals surface area (Å²) >= 11 is 0. The zero-order chi connectivity index (χ0) is 22.9. The number of nitrogens with two attached hydrogens (primary N) is 1. The van der Waals surface area contributed by atoms with E-state index in [0.29, 0.717) is 25.1 Å². The maximum Gasteiger partial charge on any atom is 0.257 e. The Labute approximate surface area is 192 Å². The number of amides is 2. The SMILES string of the molecule is Cc1ccc(C2=NN(C(=O)CN3Cc4ccccc4C[C@@H]3C(N)=O)C(c3ccco3)C2)cc1. The van der Waals surface area contributed by atoms with Gasteiger partial charge in [-0.2, -0.15) is 5.10 Å². The molecule has 2 atom stereocenters. The lowest BCUT2D eigenvalue weighted by Gasteiger charge is -2.35. The molecule has 0 spiro atoms. The quantitative estimate of drug-likeness (QED) is 0.657. The van der Waals surface area contributed by atoms with Gasteiger partial charge in [-0.3, -0.25) is 14.5 Å². The molecule has 2 aliphatic heterocycles. The van der Waals surface area contributed by atoms with Crippen molar-refractivity contribution in [1.29, 1.82) is 0 Å². The molecule has 1 aromatic heterocycles. The third-order valence-corrected chi connectivity index (χ3v) is 6.43. The highest BCUT2D eigenvalue weighted by molar-refractivity contribution is 6.03. The van der Waals surface area contributed by atoms with E-state index in [4.69, 9.17) is 15.3 Å². The molecule has 0 saturated carbocycles. The van der Waals surface area contributed by atoms with Crippen LogP contribution in [0.25, 0.3) is 0 Å². The van der Waals surface area contributed by atoms with E-state index in [1.807, 2.05) is 72.5 Å². The lowest BCUT2D eigenvalue weighted by molar-refractivity contribution is -0.136. The van der Waals surface area contributed by atoms with Gasteiger partial charge in [0.1, 0.15) is 11.8 Å². The van der Waals surface area contributed by atoms with Crippen LogP contribution in [-0.2, 0) is 22.6 Å². The summed E-state index contributed by atoms with van der Waals surface area (Å²) in [7, 11) is 0. The van der Waals surface area contributed by atoms with E-state index < -0.39 is 11.9 Å². The van der Waals surface area contributed by atoms with E-state index in [2.05, 4.69) is 0 Å².